The first kappa shape index (κ1) is 19.4. The highest BCUT2D eigenvalue weighted by molar-refractivity contribution is 9.10. The number of ether oxygens (including phenoxy) is 2. The number of methoxy groups -OCH3 is 1. The van der Waals surface area contributed by atoms with Gasteiger partial charge in [-0.1, -0.05) is 22.0 Å². The van der Waals surface area contributed by atoms with Crippen molar-refractivity contribution >= 4 is 38.9 Å². The molecule has 0 atom stereocenters. The second-order valence-corrected chi connectivity index (χ2v) is 7.67. The van der Waals surface area contributed by atoms with E-state index in [-0.39, 0.29) is 11.6 Å². The Morgan fingerprint density at radius 3 is 2.74 bits per heavy atom. The molecule has 0 saturated carbocycles. The number of carbonyl (C=O) groups is 1. The Balaban J connectivity index is 1.65. The number of aryl methyl sites for hydroxylation is 1. The monoisotopic (exact) mass is 449 g/mol. The summed E-state index contributed by atoms with van der Waals surface area (Å²) >= 11 is 4.47. The first-order valence-corrected chi connectivity index (χ1v) is 9.75. The molecular formula is C20H17BrFNO3S. The van der Waals surface area contributed by atoms with E-state index in [4.69, 9.17) is 9.47 Å². The highest BCUT2D eigenvalue weighted by Gasteiger charge is 2.13. The van der Waals surface area contributed by atoms with Gasteiger partial charge < -0.3 is 14.8 Å². The van der Waals surface area contributed by atoms with Gasteiger partial charge in [0.2, 0.25) is 0 Å². The molecule has 2 aromatic carbocycles. The van der Waals surface area contributed by atoms with Crippen molar-refractivity contribution < 1.29 is 18.7 Å². The van der Waals surface area contributed by atoms with Gasteiger partial charge >= 0.3 is 0 Å². The van der Waals surface area contributed by atoms with Crippen LogP contribution in [0, 0.1) is 12.7 Å². The fourth-order valence-electron chi connectivity index (χ4n) is 2.40. The molecule has 0 unspecified atom stereocenters. The number of nitrogens with one attached hydrogen (secondary N) is 1. The fraction of sp³-hybridized carbons (Fsp3) is 0.150. The van der Waals surface area contributed by atoms with Gasteiger partial charge in [-0.2, -0.15) is 0 Å². The third-order valence-corrected chi connectivity index (χ3v) is 5.24. The molecule has 4 nitrogen and oxygen atoms in total. The molecule has 3 aromatic rings. The molecule has 0 aliphatic rings. The second-order valence-electron chi connectivity index (χ2n) is 5.84. The summed E-state index contributed by atoms with van der Waals surface area (Å²) in [6, 6.07) is 11.9. The predicted octanol–water partition coefficient (Wildman–Crippen LogP) is 5.80. The Morgan fingerprint density at radius 1 is 1.19 bits per heavy atom. The van der Waals surface area contributed by atoms with Crippen LogP contribution in [0.15, 0.2) is 52.3 Å². The summed E-state index contributed by atoms with van der Waals surface area (Å²) in [6.45, 7) is 2.28. The van der Waals surface area contributed by atoms with Crippen molar-refractivity contribution in [2.24, 2.45) is 0 Å². The summed E-state index contributed by atoms with van der Waals surface area (Å²) in [7, 11) is 1.59. The quantitative estimate of drug-likeness (QED) is 0.517. The minimum absolute atomic E-state index is 0.138. The van der Waals surface area contributed by atoms with Crippen molar-refractivity contribution in [3.8, 4) is 11.5 Å². The van der Waals surface area contributed by atoms with Crippen LogP contribution in [0.2, 0.25) is 0 Å². The topological polar surface area (TPSA) is 47.6 Å². The summed E-state index contributed by atoms with van der Waals surface area (Å²) in [6.07, 6.45) is 0. The van der Waals surface area contributed by atoms with Gasteiger partial charge in [0.25, 0.3) is 5.91 Å². The van der Waals surface area contributed by atoms with Gasteiger partial charge in [-0.3, -0.25) is 4.79 Å². The summed E-state index contributed by atoms with van der Waals surface area (Å²) in [5.41, 5.74) is 2.07. The molecular weight excluding hydrogens is 433 g/mol. The molecule has 27 heavy (non-hydrogen) atoms. The van der Waals surface area contributed by atoms with Gasteiger partial charge in [0.05, 0.1) is 17.7 Å². The molecule has 0 saturated heterocycles. The van der Waals surface area contributed by atoms with Crippen molar-refractivity contribution in [3.63, 3.8) is 0 Å². The van der Waals surface area contributed by atoms with Crippen LogP contribution in [0.5, 0.6) is 11.5 Å². The maximum Gasteiger partial charge on any atom is 0.265 e. The number of hydrogen-bond acceptors (Lipinski definition) is 4. The lowest BCUT2D eigenvalue weighted by molar-refractivity contribution is 0.103. The Morgan fingerprint density at radius 2 is 2.00 bits per heavy atom. The van der Waals surface area contributed by atoms with Crippen molar-refractivity contribution in [2.75, 3.05) is 12.4 Å². The van der Waals surface area contributed by atoms with Crippen LogP contribution < -0.4 is 14.8 Å². The highest BCUT2D eigenvalue weighted by Crippen LogP contribution is 2.29. The average Bonchev–Trinajstić information content (AvgIpc) is 3.12. The third kappa shape index (κ3) is 4.87. The van der Waals surface area contributed by atoms with Crippen molar-refractivity contribution in [1.82, 2.24) is 0 Å². The number of hydrogen-bond donors (Lipinski definition) is 1. The van der Waals surface area contributed by atoms with Crippen LogP contribution >= 0.6 is 27.3 Å². The van der Waals surface area contributed by atoms with E-state index in [1.165, 1.54) is 23.5 Å². The summed E-state index contributed by atoms with van der Waals surface area (Å²) < 4.78 is 25.6. The predicted molar refractivity (Wildman–Crippen MR) is 108 cm³/mol. The Bertz CT molecular complexity index is 974. The molecule has 1 heterocycles. The molecule has 0 radical (unpaired) electrons. The number of halogens is 2. The second kappa shape index (κ2) is 8.54. The van der Waals surface area contributed by atoms with E-state index in [0.717, 1.165) is 11.1 Å². The van der Waals surface area contributed by atoms with E-state index in [0.29, 0.717) is 27.5 Å². The Kier molecular flexibility index (Phi) is 6.13. The molecule has 1 amide bonds. The first-order chi connectivity index (χ1) is 13.0. The van der Waals surface area contributed by atoms with E-state index in [2.05, 4.69) is 21.2 Å². The number of benzene rings is 2. The van der Waals surface area contributed by atoms with E-state index >= 15 is 0 Å². The lowest BCUT2D eigenvalue weighted by Gasteiger charge is -2.10. The third-order valence-electron chi connectivity index (χ3n) is 3.77. The average molecular weight is 450 g/mol. The smallest absolute Gasteiger partial charge is 0.265 e. The van der Waals surface area contributed by atoms with Gasteiger partial charge in [-0.15, -0.1) is 11.3 Å². The minimum Gasteiger partial charge on any atom is -0.493 e. The van der Waals surface area contributed by atoms with Crippen molar-refractivity contribution in [2.45, 2.75) is 13.5 Å². The van der Waals surface area contributed by atoms with E-state index < -0.39 is 5.82 Å². The van der Waals surface area contributed by atoms with Crippen LogP contribution in [0.1, 0.15) is 20.8 Å². The zero-order chi connectivity index (χ0) is 19.4. The summed E-state index contributed by atoms with van der Waals surface area (Å²) in [5.74, 6) is 0.441. The molecule has 3 rings (SSSR count). The molecule has 0 bridgehead atoms. The lowest BCUT2D eigenvalue weighted by Crippen LogP contribution is -2.11. The number of amides is 1. The fourth-order valence-corrected chi connectivity index (χ4v) is 3.53. The Labute approximate surface area is 169 Å². The van der Waals surface area contributed by atoms with E-state index in [1.54, 1.807) is 19.2 Å². The van der Waals surface area contributed by atoms with Crippen LogP contribution in [-0.4, -0.2) is 13.0 Å². The first-order valence-electron chi connectivity index (χ1n) is 8.07. The van der Waals surface area contributed by atoms with Crippen molar-refractivity contribution in [1.29, 1.82) is 0 Å². The standard InChI is InChI=1S/C20H17BrFNO3S/c1-12-3-6-17(18(7-12)25-2)26-10-13-8-19(27-11-13)20(24)23-16-5-4-14(21)9-15(16)22/h3-9,11H,10H2,1-2H3,(H,23,24). The minimum atomic E-state index is -0.496. The molecule has 0 spiro atoms. The number of carbonyl (C=O) groups excluding carboxylic acids is 1. The number of thiophene rings is 1. The molecule has 1 N–H and O–H groups in total. The lowest BCUT2D eigenvalue weighted by atomic mass is 10.2. The number of anilines is 1. The Hall–Kier alpha value is -2.38. The largest absolute Gasteiger partial charge is 0.493 e. The van der Waals surface area contributed by atoms with Crippen LogP contribution in [-0.2, 0) is 6.61 Å². The molecule has 0 fully saturated rings. The highest BCUT2D eigenvalue weighted by atomic mass is 79.9. The van der Waals surface area contributed by atoms with E-state index in [9.17, 15) is 9.18 Å². The van der Waals surface area contributed by atoms with Gasteiger partial charge in [0.15, 0.2) is 11.5 Å². The zero-order valence-corrected chi connectivity index (χ0v) is 17.1. The summed E-state index contributed by atoms with van der Waals surface area (Å²) in [4.78, 5) is 12.8. The van der Waals surface area contributed by atoms with Gasteiger partial charge in [0.1, 0.15) is 12.4 Å². The zero-order valence-electron chi connectivity index (χ0n) is 14.7. The van der Waals surface area contributed by atoms with Crippen LogP contribution in [0.4, 0.5) is 10.1 Å². The molecule has 140 valence electrons. The molecule has 1 aromatic heterocycles. The molecule has 7 heteroatoms. The molecule has 0 aliphatic heterocycles. The van der Waals surface area contributed by atoms with Gasteiger partial charge in [-0.05, 0) is 54.3 Å². The SMILES string of the molecule is COc1cc(C)ccc1OCc1csc(C(=O)Nc2ccc(Br)cc2F)c1. The van der Waals surface area contributed by atoms with E-state index in [1.807, 2.05) is 30.5 Å². The van der Waals surface area contributed by atoms with Crippen LogP contribution in [0.25, 0.3) is 0 Å². The van der Waals surface area contributed by atoms with Gasteiger partial charge in [0, 0.05) is 10.0 Å². The number of rotatable bonds is 6. The van der Waals surface area contributed by atoms with Crippen LogP contribution in [0.3, 0.4) is 0 Å². The van der Waals surface area contributed by atoms with Gasteiger partial charge in [-0.25, -0.2) is 4.39 Å². The maximum atomic E-state index is 13.9. The maximum absolute atomic E-state index is 13.9. The normalized spacial score (nSPS) is 10.5. The molecule has 0 aliphatic carbocycles. The summed E-state index contributed by atoms with van der Waals surface area (Å²) in [5, 5.41) is 4.42. The van der Waals surface area contributed by atoms with Crippen molar-refractivity contribution in [3.05, 3.63) is 74.1 Å².